The quantitative estimate of drug-likeness (QED) is 0.869. The van der Waals surface area contributed by atoms with Crippen LogP contribution in [0.3, 0.4) is 0 Å². The van der Waals surface area contributed by atoms with E-state index in [9.17, 15) is 0 Å². The van der Waals surface area contributed by atoms with Gasteiger partial charge in [0.15, 0.2) is 0 Å². The van der Waals surface area contributed by atoms with E-state index in [4.69, 9.17) is 4.74 Å². The Morgan fingerprint density at radius 1 is 1.39 bits per heavy atom. The summed E-state index contributed by atoms with van der Waals surface area (Å²) in [6.07, 6.45) is 3.15. The molecule has 0 bridgehead atoms. The molecule has 1 N–H and O–H groups in total. The lowest BCUT2D eigenvalue weighted by Gasteiger charge is -2.22. The van der Waals surface area contributed by atoms with Crippen LogP contribution in [0.2, 0.25) is 0 Å². The van der Waals surface area contributed by atoms with Crippen molar-refractivity contribution in [3.63, 3.8) is 0 Å². The van der Waals surface area contributed by atoms with Crippen LogP contribution in [0, 0.1) is 6.92 Å². The summed E-state index contributed by atoms with van der Waals surface area (Å²) in [6.45, 7) is 13.5. The molecule has 0 amide bonds. The van der Waals surface area contributed by atoms with Crippen LogP contribution in [0.4, 0.5) is 0 Å². The minimum Gasteiger partial charge on any atom is -0.490 e. The molecule has 0 fully saturated rings. The fourth-order valence-electron chi connectivity index (χ4n) is 1.47. The standard InChI is InChI=1S/C15H26N2O/c1-7-12(3)18-14-8-11(2)16-9-13(14)10-17-15(4,5)6/h8-9,12,17H,7,10H2,1-6H3. The Kier molecular flexibility index (Phi) is 5.15. The second kappa shape index (κ2) is 6.19. The Morgan fingerprint density at radius 3 is 2.61 bits per heavy atom. The van der Waals surface area contributed by atoms with Crippen LogP contribution in [-0.2, 0) is 6.54 Å². The summed E-state index contributed by atoms with van der Waals surface area (Å²) in [6, 6.07) is 2.02. The normalized spacial score (nSPS) is 13.4. The highest BCUT2D eigenvalue weighted by Crippen LogP contribution is 2.21. The first-order chi connectivity index (χ1) is 8.31. The molecule has 1 atom stereocenters. The lowest BCUT2D eigenvalue weighted by Crippen LogP contribution is -2.35. The van der Waals surface area contributed by atoms with Gasteiger partial charge in [0.1, 0.15) is 5.75 Å². The largest absolute Gasteiger partial charge is 0.490 e. The smallest absolute Gasteiger partial charge is 0.127 e. The van der Waals surface area contributed by atoms with Crippen LogP contribution < -0.4 is 10.1 Å². The van der Waals surface area contributed by atoms with E-state index >= 15 is 0 Å². The molecule has 1 aromatic heterocycles. The van der Waals surface area contributed by atoms with Gasteiger partial charge in [-0.1, -0.05) is 6.92 Å². The van der Waals surface area contributed by atoms with Crippen molar-refractivity contribution in [2.45, 2.75) is 66.2 Å². The summed E-state index contributed by atoms with van der Waals surface area (Å²) < 4.78 is 5.96. The van der Waals surface area contributed by atoms with Crippen molar-refractivity contribution in [1.82, 2.24) is 10.3 Å². The van der Waals surface area contributed by atoms with Crippen molar-refractivity contribution >= 4 is 0 Å². The summed E-state index contributed by atoms with van der Waals surface area (Å²) in [4.78, 5) is 4.35. The van der Waals surface area contributed by atoms with E-state index in [-0.39, 0.29) is 11.6 Å². The minimum absolute atomic E-state index is 0.0958. The molecule has 0 aliphatic carbocycles. The van der Waals surface area contributed by atoms with E-state index in [0.717, 1.165) is 30.0 Å². The van der Waals surface area contributed by atoms with Gasteiger partial charge < -0.3 is 10.1 Å². The summed E-state index contributed by atoms with van der Waals surface area (Å²) in [5, 5.41) is 3.47. The molecule has 1 rings (SSSR count). The zero-order valence-corrected chi connectivity index (χ0v) is 12.5. The molecule has 3 heteroatoms. The molecule has 3 nitrogen and oxygen atoms in total. The first-order valence-electron chi connectivity index (χ1n) is 6.69. The maximum absolute atomic E-state index is 5.96. The van der Waals surface area contributed by atoms with Crippen molar-refractivity contribution in [2.24, 2.45) is 0 Å². The SMILES string of the molecule is CCC(C)Oc1cc(C)ncc1CNC(C)(C)C. The van der Waals surface area contributed by atoms with Crippen molar-refractivity contribution in [1.29, 1.82) is 0 Å². The highest BCUT2D eigenvalue weighted by molar-refractivity contribution is 5.33. The Labute approximate surface area is 111 Å². The van der Waals surface area contributed by atoms with Gasteiger partial charge in [0.05, 0.1) is 6.10 Å². The Balaban J connectivity index is 2.82. The van der Waals surface area contributed by atoms with E-state index in [0.29, 0.717) is 0 Å². The molecule has 18 heavy (non-hydrogen) atoms. The van der Waals surface area contributed by atoms with E-state index in [2.05, 4.69) is 44.9 Å². The van der Waals surface area contributed by atoms with Gasteiger partial charge in [-0.2, -0.15) is 0 Å². The fourth-order valence-corrected chi connectivity index (χ4v) is 1.47. The second-order valence-corrected chi connectivity index (χ2v) is 5.87. The molecule has 0 aromatic carbocycles. The fraction of sp³-hybridized carbons (Fsp3) is 0.667. The first kappa shape index (κ1) is 15.0. The minimum atomic E-state index is 0.0958. The summed E-state index contributed by atoms with van der Waals surface area (Å²) in [5.41, 5.74) is 2.21. The number of aromatic nitrogens is 1. The van der Waals surface area contributed by atoms with Crippen LogP contribution in [0.5, 0.6) is 5.75 Å². The van der Waals surface area contributed by atoms with Gasteiger partial charge in [0.2, 0.25) is 0 Å². The van der Waals surface area contributed by atoms with Gasteiger partial charge in [-0.3, -0.25) is 4.98 Å². The Hall–Kier alpha value is -1.09. The average molecular weight is 250 g/mol. The lowest BCUT2D eigenvalue weighted by molar-refractivity contribution is 0.214. The summed E-state index contributed by atoms with van der Waals surface area (Å²) in [5.74, 6) is 0.952. The van der Waals surface area contributed by atoms with Crippen molar-refractivity contribution in [3.8, 4) is 5.75 Å². The number of pyridine rings is 1. The van der Waals surface area contributed by atoms with Gasteiger partial charge >= 0.3 is 0 Å². The molecule has 102 valence electrons. The molecular formula is C15H26N2O. The van der Waals surface area contributed by atoms with Crippen LogP contribution in [-0.4, -0.2) is 16.6 Å². The van der Waals surface area contributed by atoms with Gasteiger partial charge in [0.25, 0.3) is 0 Å². The average Bonchev–Trinajstić information content (AvgIpc) is 2.26. The van der Waals surface area contributed by atoms with Crippen molar-refractivity contribution in [2.75, 3.05) is 0 Å². The number of aryl methyl sites for hydroxylation is 1. The third kappa shape index (κ3) is 5.05. The number of nitrogens with one attached hydrogen (secondary N) is 1. The van der Waals surface area contributed by atoms with Crippen LogP contribution in [0.15, 0.2) is 12.3 Å². The van der Waals surface area contributed by atoms with Crippen molar-refractivity contribution in [3.05, 3.63) is 23.5 Å². The predicted molar refractivity (Wildman–Crippen MR) is 75.9 cm³/mol. The Morgan fingerprint density at radius 2 is 2.06 bits per heavy atom. The van der Waals surface area contributed by atoms with Gasteiger partial charge in [0, 0.05) is 35.6 Å². The second-order valence-electron chi connectivity index (χ2n) is 5.87. The first-order valence-corrected chi connectivity index (χ1v) is 6.69. The van der Waals surface area contributed by atoms with Crippen molar-refractivity contribution < 1.29 is 4.74 Å². The zero-order chi connectivity index (χ0) is 13.8. The molecule has 0 saturated carbocycles. The lowest BCUT2D eigenvalue weighted by atomic mass is 10.1. The van der Waals surface area contributed by atoms with Gasteiger partial charge in [-0.25, -0.2) is 0 Å². The van der Waals surface area contributed by atoms with E-state index in [1.807, 2.05) is 19.2 Å². The number of hydrogen-bond donors (Lipinski definition) is 1. The summed E-state index contributed by atoms with van der Waals surface area (Å²) >= 11 is 0. The molecule has 0 spiro atoms. The number of ether oxygens (including phenoxy) is 1. The topological polar surface area (TPSA) is 34.1 Å². The molecule has 0 aliphatic heterocycles. The highest BCUT2D eigenvalue weighted by atomic mass is 16.5. The monoisotopic (exact) mass is 250 g/mol. The molecule has 1 unspecified atom stereocenters. The van der Waals surface area contributed by atoms with E-state index in [1.165, 1.54) is 0 Å². The molecule has 0 aliphatic rings. The molecule has 1 aromatic rings. The third-order valence-corrected chi connectivity index (χ3v) is 2.79. The van der Waals surface area contributed by atoms with Crippen LogP contribution >= 0.6 is 0 Å². The van der Waals surface area contributed by atoms with E-state index in [1.54, 1.807) is 0 Å². The van der Waals surface area contributed by atoms with E-state index < -0.39 is 0 Å². The molecular weight excluding hydrogens is 224 g/mol. The Bertz CT molecular complexity index is 383. The molecule has 0 saturated heterocycles. The van der Waals surface area contributed by atoms with Gasteiger partial charge in [-0.15, -0.1) is 0 Å². The van der Waals surface area contributed by atoms with Crippen LogP contribution in [0.25, 0.3) is 0 Å². The highest BCUT2D eigenvalue weighted by Gasteiger charge is 2.12. The van der Waals surface area contributed by atoms with Gasteiger partial charge in [-0.05, 0) is 41.0 Å². The van der Waals surface area contributed by atoms with Crippen LogP contribution in [0.1, 0.15) is 52.3 Å². The third-order valence-electron chi connectivity index (χ3n) is 2.79. The number of hydrogen-bond acceptors (Lipinski definition) is 3. The maximum Gasteiger partial charge on any atom is 0.127 e. The summed E-state index contributed by atoms with van der Waals surface area (Å²) in [7, 11) is 0. The maximum atomic E-state index is 5.96. The molecule has 1 heterocycles. The zero-order valence-electron chi connectivity index (χ0n) is 12.5. The number of rotatable bonds is 5. The number of nitrogens with zero attached hydrogens (tertiary/aromatic N) is 1. The predicted octanol–water partition coefficient (Wildman–Crippen LogP) is 3.46. The molecule has 0 radical (unpaired) electrons.